The summed E-state index contributed by atoms with van der Waals surface area (Å²) >= 11 is 0. The molecule has 3 nitrogen and oxygen atoms in total. The maximum absolute atomic E-state index is 11.2. The zero-order chi connectivity index (χ0) is 14.3. The summed E-state index contributed by atoms with van der Waals surface area (Å²) in [7, 11) is -4.35. The van der Waals surface area contributed by atoms with Crippen molar-refractivity contribution in [3.05, 3.63) is 29.3 Å². The maximum Gasteiger partial charge on any atom is 0.124 e. The molecule has 0 aliphatic heterocycles. The maximum atomic E-state index is 11.2. The van der Waals surface area contributed by atoms with Crippen LogP contribution in [-0.4, -0.2) is 13.0 Å². The minimum Gasteiger partial charge on any atom is -0.744 e. The summed E-state index contributed by atoms with van der Waals surface area (Å²) in [5.41, 5.74) is 1.67. The van der Waals surface area contributed by atoms with Gasteiger partial charge in [0.2, 0.25) is 0 Å². The topological polar surface area (TPSA) is 57.2 Å². The first-order valence-electron chi connectivity index (χ1n) is 7.00. The third-order valence-corrected chi connectivity index (χ3v) is 4.22. The van der Waals surface area contributed by atoms with E-state index in [-0.39, 0.29) is 4.90 Å². The monoisotopic (exact) mass is 283 g/mol. The lowest BCUT2D eigenvalue weighted by Gasteiger charge is -2.13. The average Bonchev–Trinajstić information content (AvgIpc) is 2.32. The van der Waals surface area contributed by atoms with Crippen molar-refractivity contribution in [2.75, 3.05) is 0 Å². The van der Waals surface area contributed by atoms with Gasteiger partial charge in [-0.2, -0.15) is 0 Å². The third-order valence-electron chi connectivity index (χ3n) is 3.28. The molecule has 0 saturated heterocycles. The van der Waals surface area contributed by atoms with Crippen molar-refractivity contribution < 1.29 is 13.0 Å². The Labute approximate surface area is 116 Å². The molecular formula is C15H23O3S-. The minimum atomic E-state index is -4.35. The zero-order valence-corrected chi connectivity index (χ0v) is 12.6. The zero-order valence-electron chi connectivity index (χ0n) is 11.8. The number of hydrogen-bond donors (Lipinski definition) is 0. The molecule has 0 saturated carbocycles. The first kappa shape index (κ1) is 16.2. The summed E-state index contributed by atoms with van der Waals surface area (Å²) in [6, 6.07) is 4.93. The smallest absolute Gasteiger partial charge is 0.124 e. The fourth-order valence-electron chi connectivity index (χ4n) is 2.24. The Morgan fingerprint density at radius 2 is 1.68 bits per heavy atom. The lowest BCUT2D eigenvalue weighted by Crippen LogP contribution is -2.04. The van der Waals surface area contributed by atoms with E-state index in [2.05, 4.69) is 6.92 Å². The lowest BCUT2D eigenvalue weighted by molar-refractivity contribution is 0.461. The van der Waals surface area contributed by atoms with Crippen molar-refractivity contribution >= 4 is 10.1 Å². The first-order valence-corrected chi connectivity index (χ1v) is 8.41. The Hall–Kier alpha value is -0.870. The molecule has 0 aliphatic carbocycles. The van der Waals surface area contributed by atoms with E-state index in [4.69, 9.17) is 0 Å². The van der Waals surface area contributed by atoms with Crippen molar-refractivity contribution in [1.82, 2.24) is 0 Å². The van der Waals surface area contributed by atoms with Crippen LogP contribution in [0.4, 0.5) is 0 Å². The predicted molar refractivity (Wildman–Crippen MR) is 76.2 cm³/mol. The van der Waals surface area contributed by atoms with Crippen molar-refractivity contribution in [1.29, 1.82) is 0 Å². The fraction of sp³-hybridized carbons (Fsp3) is 0.600. The van der Waals surface area contributed by atoms with Gasteiger partial charge >= 0.3 is 0 Å². The molecular weight excluding hydrogens is 260 g/mol. The molecule has 1 aromatic carbocycles. The Morgan fingerprint density at radius 3 is 2.32 bits per heavy atom. The van der Waals surface area contributed by atoms with Gasteiger partial charge in [0.25, 0.3) is 0 Å². The number of benzene rings is 1. The summed E-state index contributed by atoms with van der Waals surface area (Å²) < 4.78 is 33.6. The molecule has 0 heterocycles. The molecule has 0 radical (unpaired) electrons. The summed E-state index contributed by atoms with van der Waals surface area (Å²) in [4.78, 5) is -0.0494. The van der Waals surface area contributed by atoms with E-state index in [9.17, 15) is 13.0 Å². The van der Waals surface area contributed by atoms with Gasteiger partial charge in [-0.25, -0.2) is 8.42 Å². The van der Waals surface area contributed by atoms with Gasteiger partial charge in [-0.05, 0) is 31.4 Å². The largest absolute Gasteiger partial charge is 0.744 e. The Bertz CT molecular complexity index is 492. The van der Waals surface area contributed by atoms with Crippen LogP contribution < -0.4 is 0 Å². The third kappa shape index (κ3) is 5.74. The van der Waals surface area contributed by atoms with Crippen LogP contribution in [0, 0.1) is 6.92 Å². The van der Waals surface area contributed by atoms with E-state index in [0.29, 0.717) is 12.0 Å². The molecule has 108 valence electrons. The van der Waals surface area contributed by atoms with Gasteiger partial charge in [-0.1, -0.05) is 56.7 Å². The van der Waals surface area contributed by atoms with Crippen molar-refractivity contribution in [3.63, 3.8) is 0 Å². The SMILES string of the molecule is CCCCCCCCc1cc(C)ccc1S(=O)(=O)[O-]. The lowest BCUT2D eigenvalue weighted by atomic mass is 10.0. The van der Waals surface area contributed by atoms with Crippen LogP contribution in [0.2, 0.25) is 0 Å². The highest BCUT2D eigenvalue weighted by Crippen LogP contribution is 2.20. The summed E-state index contributed by atoms with van der Waals surface area (Å²) in [5, 5.41) is 0. The molecule has 0 fully saturated rings. The Kier molecular flexibility index (Phi) is 6.52. The number of hydrogen-bond acceptors (Lipinski definition) is 3. The quantitative estimate of drug-likeness (QED) is 0.538. The van der Waals surface area contributed by atoms with Gasteiger partial charge in [-0.15, -0.1) is 0 Å². The van der Waals surface area contributed by atoms with Crippen molar-refractivity contribution in [2.45, 2.75) is 63.7 Å². The van der Waals surface area contributed by atoms with Gasteiger partial charge < -0.3 is 4.55 Å². The molecule has 1 aromatic rings. The second-order valence-electron chi connectivity index (χ2n) is 5.08. The molecule has 0 amide bonds. The number of unbranched alkanes of at least 4 members (excludes halogenated alkanes) is 5. The minimum absolute atomic E-state index is 0.0494. The van der Waals surface area contributed by atoms with E-state index < -0.39 is 10.1 Å². The van der Waals surface area contributed by atoms with Crippen LogP contribution in [0.1, 0.15) is 56.6 Å². The van der Waals surface area contributed by atoms with Crippen molar-refractivity contribution in [3.8, 4) is 0 Å². The first-order chi connectivity index (χ1) is 8.95. The molecule has 0 aliphatic rings. The van der Waals surface area contributed by atoms with Crippen LogP contribution in [0.5, 0.6) is 0 Å². The van der Waals surface area contributed by atoms with Crippen LogP contribution in [0.15, 0.2) is 23.1 Å². The van der Waals surface area contributed by atoms with E-state index in [1.54, 1.807) is 6.07 Å². The van der Waals surface area contributed by atoms with Gasteiger partial charge in [0, 0.05) is 0 Å². The molecule has 4 heteroatoms. The molecule has 19 heavy (non-hydrogen) atoms. The average molecular weight is 283 g/mol. The second-order valence-corrected chi connectivity index (χ2v) is 6.43. The highest BCUT2D eigenvalue weighted by atomic mass is 32.2. The normalized spacial score (nSPS) is 11.7. The molecule has 0 N–H and O–H groups in total. The highest BCUT2D eigenvalue weighted by Gasteiger charge is 2.08. The van der Waals surface area contributed by atoms with E-state index in [1.807, 2.05) is 13.0 Å². The molecule has 0 atom stereocenters. The Morgan fingerprint density at radius 1 is 1.05 bits per heavy atom. The summed E-state index contributed by atoms with van der Waals surface area (Å²) in [6.45, 7) is 4.09. The Balaban J connectivity index is 2.60. The molecule has 0 unspecified atom stereocenters. The summed E-state index contributed by atoms with van der Waals surface area (Å²) in [5.74, 6) is 0. The second kappa shape index (κ2) is 7.65. The van der Waals surface area contributed by atoms with Gasteiger partial charge in [0.15, 0.2) is 0 Å². The van der Waals surface area contributed by atoms with E-state index in [1.165, 1.54) is 31.7 Å². The van der Waals surface area contributed by atoms with Crippen LogP contribution in [0.25, 0.3) is 0 Å². The van der Waals surface area contributed by atoms with Crippen LogP contribution >= 0.6 is 0 Å². The molecule has 0 spiro atoms. The molecule has 1 rings (SSSR count). The van der Waals surface area contributed by atoms with Crippen molar-refractivity contribution in [2.24, 2.45) is 0 Å². The van der Waals surface area contributed by atoms with E-state index in [0.717, 1.165) is 18.4 Å². The van der Waals surface area contributed by atoms with E-state index >= 15 is 0 Å². The standard InChI is InChI=1S/C15H24O3S/c1-3-4-5-6-7-8-9-14-12-13(2)10-11-15(14)19(16,17)18/h10-12H,3-9H2,1-2H3,(H,16,17,18)/p-1. The number of rotatable bonds is 8. The van der Waals surface area contributed by atoms with Crippen LogP contribution in [0.3, 0.4) is 0 Å². The highest BCUT2D eigenvalue weighted by molar-refractivity contribution is 7.85. The molecule has 0 bridgehead atoms. The predicted octanol–water partition coefficient (Wildman–Crippen LogP) is 3.80. The summed E-state index contributed by atoms with van der Waals surface area (Å²) in [6.07, 6.45) is 7.59. The fourth-order valence-corrected chi connectivity index (χ4v) is 2.96. The van der Waals surface area contributed by atoms with Gasteiger partial charge in [-0.3, -0.25) is 0 Å². The van der Waals surface area contributed by atoms with Gasteiger partial charge in [0.05, 0.1) is 4.90 Å². The molecule has 0 aromatic heterocycles. The number of aryl methyl sites for hydroxylation is 2. The van der Waals surface area contributed by atoms with Gasteiger partial charge in [0.1, 0.15) is 10.1 Å². The van der Waals surface area contributed by atoms with Crippen LogP contribution in [-0.2, 0) is 16.5 Å².